The first-order chi connectivity index (χ1) is 10.3. The molecule has 0 spiro atoms. The number of rotatable bonds is 4. The van der Waals surface area contributed by atoms with Gasteiger partial charge in [-0.25, -0.2) is 13.2 Å². The first-order valence-electron chi connectivity index (χ1n) is 6.00. The minimum atomic E-state index is -3.83. The van der Waals surface area contributed by atoms with Crippen molar-refractivity contribution in [1.82, 2.24) is 0 Å². The number of carbonyl (C=O) groups is 1. The molecule has 0 bridgehead atoms. The third-order valence-electron chi connectivity index (χ3n) is 2.75. The van der Waals surface area contributed by atoms with E-state index in [0.29, 0.717) is 5.69 Å². The number of ether oxygens (including phenoxy) is 1. The Morgan fingerprint density at radius 1 is 1.18 bits per heavy atom. The van der Waals surface area contributed by atoms with E-state index >= 15 is 0 Å². The molecule has 0 amide bonds. The summed E-state index contributed by atoms with van der Waals surface area (Å²) in [5, 5.41) is 0.125. The lowest BCUT2D eigenvalue weighted by Crippen LogP contribution is -2.14. The molecule has 0 radical (unpaired) electrons. The van der Waals surface area contributed by atoms with E-state index < -0.39 is 16.0 Å². The molecule has 0 saturated carbocycles. The highest BCUT2D eigenvalue weighted by molar-refractivity contribution is 14.1. The first-order valence-corrected chi connectivity index (χ1v) is 8.94. The van der Waals surface area contributed by atoms with Crippen molar-refractivity contribution in [1.29, 1.82) is 0 Å². The van der Waals surface area contributed by atoms with E-state index in [4.69, 9.17) is 11.6 Å². The number of sulfonamides is 1. The summed E-state index contributed by atoms with van der Waals surface area (Å²) < 4.78 is 32.7. The summed E-state index contributed by atoms with van der Waals surface area (Å²) in [6.07, 6.45) is 0. The third kappa shape index (κ3) is 3.90. The average Bonchev–Trinajstić information content (AvgIpc) is 2.49. The van der Waals surface area contributed by atoms with Crippen LogP contribution in [0.1, 0.15) is 10.4 Å². The summed E-state index contributed by atoms with van der Waals surface area (Å²) in [7, 11) is -2.63. The van der Waals surface area contributed by atoms with Gasteiger partial charge in [0, 0.05) is 9.26 Å². The van der Waals surface area contributed by atoms with Crippen LogP contribution in [-0.2, 0) is 14.8 Å². The van der Waals surface area contributed by atoms with Crippen molar-refractivity contribution in [2.24, 2.45) is 0 Å². The molecule has 1 N–H and O–H groups in total. The molecule has 0 fully saturated rings. The van der Waals surface area contributed by atoms with E-state index in [-0.39, 0.29) is 15.5 Å². The van der Waals surface area contributed by atoms with Gasteiger partial charge in [0.2, 0.25) is 0 Å². The van der Waals surface area contributed by atoms with Gasteiger partial charge < -0.3 is 4.74 Å². The molecule has 2 rings (SSSR count). The summed E-state index contributed by atoms with van der Waals surface area (Å²) in [6, 6.07) is 10.7. The average molecular weight is 452 g/mol. The standard InChI is InChI=1S/C14H11ClINO4S/c1-21-14(18)12-8-11(6-7-13(12)15)22(19,20)17-10-4-2-9(16)3-5-10/h2-8,17H,1H3. The second kappa shape index (κ2) is 6.84. The van der Waals surface area contributed by atoms with Gasteiger partial charge in [0.15, 0.2) is 0 Å². The molecule has 116 valence electrons. The molecule has 0 heterocycles. The summed E-state index contributed by atoms with van der Waals surface area (Å²) in [5.74, 6) is -0.698. The quantitative estimate of drug-likeness (QED) is 0.570. The Morgan fingerprint density at radius 3 is 2.41 bits per heavy atom. The lowest BCUT2D eigenvalue weighted by Gasteiger charge is -2.10. The maximum atomic E-state index is 12.4. The number of carbonyl (C=O) groups excluding carboxylic acids is 1. The minimum absolute atomic E-state index is 0.00495. The van der Waals surface area contributed by atoms with Crippen molar-refractivity contribution >= 4 is 55.9 Å². The molecule has 0 aromatic heterocycles. The zero-order valence-corrected chi connectivity index (χ0v) is 15.1. The summed E-state index contributed by atoms with van der Waals surface area (Å²) in [5.41, 5.74) is 0.421. The zero-order chi connectivity index (χ0) is 16.3. The molecule has 5 nitrogen and oxygen atoms in total. The van der Waals surface area contributed by atoms with Crippen LogP contribution in [-0.4, -0.2) is 21.5 Å². The number of benzene rings is 2. The van der Waals surface area contributed by atoms with Gasteiger partial charge in [-0.05, 0) is 65.1 Å². The van der Waals surface area contributed by atoms with Crippen LogP contribution in [0.2, 0.25) is 5.02 Å². The van der Waals surface area contributed by atoms with E-state index in [0.717, 1.165) is 3.57 Å². The number of esters is 1. The Hall–Kier alpha value is -1.32. The van der Waals surface area contributed by atoms with E-state index in [1.807, 2.05) is 0 Å². The van der Waals surface area contributed by atoms with Crippen molar-refractivity contribution in [3.63, 3.8) is 0 Å². The molecule has 0 saturated heterocycles. The Kier molecular flexibility index (Phi) is 5.30. The number of nitrogens with one attached hydrogen (secondary N) is 1. The van der Waals surface area contributed by atoms with Crippen LogP contribution < -0.4 is 4.72 Å². The van der Waals surface area contributed by atoms with Gasteiger partial charge in [0.05, 0.1) is 22.6 Å². The molecule has 2 aromatic carbocycles. The number of anilines is 1. The second-order valence-corrected chi connectivity index (χ2v) is 7.58. The summed E-state index contributed by atoms with van der Waals surface area (Å²) in [4.78, 5) is 11.5. The fourth-order valence-corrected chi connectivity index (χ4v) is 3.31. The predicted octanol–water partition coefficient (Wildman–Crippen LogP) is 3.53. The van der Waals surface area contributed by atoms with E-state index in [1.165, 1.54) is 25.3 Å². The van der Waals surface area contributed by atoms with Gasteiger partial charge in [0.25, 0.3) is 10.0 Å². The van der Waals surface area contributed by atoms with Gasteiger partial charge in [-0.2, -0.15) is 0 Å². The van der Waals surface area contributed by atoms with Gasteiger partial charge >= 0.3 is 5.97 Å². The Morgan fingerprint density at radius 2 is 1.82 bits per heavy atom. The van der Waals surface area contributed by atoms with Crippen LogP contribution >= 0.6 is 34.2 Å². The number of halogens is 2. The molecular formula is C14H11ClINO4S. The number of methoxy groups -OCH3 is 1. The van der Waals surface area contributed by atoms with Crippen molar-refractivity contribution in [2.75, 3.05) is 11.8 Å². The van der Waals surface area contributed by atoms with Crippen LogP contribution in [0.3, 0.4) is 0 Å². The van der Waals surface area contributed by atoms with E-state index in [9.17, 15) is 13.2 Å². The fraction of sp³-hybridized carbons (Fsp3) is 0.0714. The van der Waals surface area contributed by atoms with Crippen LogP contribution in [0.15, 0.2) is 47.4 Å². The highest BCUT2D eigenvalue weighted by Gasteiger charge is 2.19. The predicted molar refractivity (Wildman–Crippen MR) is 92.8 cm³/mol. The van der Waals surface area contributed by atoms with Crippen LogP contribution in [0.5, 0.6) is 0 Å². The molecule has 0 atom stereocenters. The van der Waals surface area contributed by atoms with Crippen molar-refractivity contribution < 1.29 is 17.9 Å². The molecule has 2 aromatic rings. The van der Waals surface area contributed by atoms with Gasteiger partial charge in [0.1, 0.15) is 0 Å². The molecule has 0 unspecified atom stereocenters. The lowest BCUT2D eigenvalue weighted by atomic mass is 10.2. The second-order valence-electron chi connectivity index (χ2n) is 4.25. The van der Waals surface area contributed by atoms with Gasteiger partial charge in [-0.3, -0.25) is 4.72 Å². The first kappa shape index (κ1) is 17.0. The molecule has 8 heteroatoms. The number of hydrogen-bond acceptors (Lipinski definition) is 4. The maximum Gasteiger partial charge on any atom is 0.339 e. The summed E-state index contributed by atoms with van der Waals surface area (Å²) >= 11 is 8.00. The molecular weight excluding hydrogens is 441 g/mol. The van der Waals surface area contributed by atoms with Crippen LogP contribution in [0.4, 0.5) is 5.69 Å². The Bertz CT molecular complexity index is 806. The van der Waals surface area contributed by atoms with Crippen molar-refractivity contribution in [2.45, 2.75) is 4.90 Å². The third-order valence-corrected chi connectivity index (χ3v) is 5.18. The Labute approximate surface area is 146 Å². The highest BCUT2D eigenvalue weighted by atomic mass is 127. The smallest absolute Gasteiger partial charge is 0.339 e. The molecule has 0 aliphatic rings. The fourth-order valence-electron chi connectivity index (χ4n) is 1.67. The zero-order valence-electron chi connectivity index (χ0n) is 11.3. The highest BCUT2D eigenvalue weighted by Crippen LogP contribution is 2.23. The van der Waals surface area contributed by atoms with Crippen molar-refractivity contribution in [3.8, 4) is 0 Å². The Balaban J connectivity index is 2.37. The van der Waals surface area contributed by atoms with Gasteiger partial charge in [-0.15, -0.1) is 0 Å². The van der Waals surface area contributed by atoms with Crippen LogP contribution in [0.25, 0.3) is 0 Å². The monoisotopic (exact) mass is 451 g/mol. The van der Waals surface area contributed by atoms with E-state index in [1.54, 1.807) is 24.3 Å². The van der Waals surface area contributed by atoms with Crippen LogP contribution in [0, 0.1) is 3.57 Å². The topological polar surface area (TPSA) is 72.5 Å². The normalized spacial score (nSPS) is 11.0. The van der Waals surface area contributed by atoms with E-state index in [2.05, 4.69) is 32.0 Å². The number of hydrogen-bond donors (Lipinski definition) is 1. The minimum Gasteiger partial charge on any atom is -0.465 e. The summed E-state index contributed by atoms with van der Waals surface area (Å²) in [6.45, 7) is 0. The molecule has 22 heavy (non-hydrogen) atoms. The molecule has 0 aliphatic carbocycles. The maximum absolute atomic E-state index is 12.4. The largest absolute Gasteiger partial charge is 0.465 e. The van der Waals surface area contributed by atoms with Crippen molar-refractivity contribution in [3.05, 3.63) is 56.6 Å². The SMILES string of the molecule is COC(=O)c1cc(S(=O)(=O)Nc2ccc(I)cc2)ccc1Cl. The molecule has 0 aliphatic heterocycles. The lowest BCUT2D eigenvalue weighted by molar-refractivity contribution is 0.0600. The van der Waals surface area contributed by atoms with Gasteiger partial charge in [-0.1, -0.05) is 11.6 Å².